The van der Waals surface area contributed by atoms with Gasteiger partial charge < -0.3 is 0 Å². The molecule has 0 spiro atoms. The minimum atomic E-state index is -3.53. The number of hydrogen-bond acceptors (Lipinski definition) is 4. The van der Waals surface area contributed by atoms with E-state index in [1.165, 1.54) is 0 Å². The van der Waals surface area contributed by atoms with Crippen LogP contribution in [0, 0.1) is 11.8 Å². The molecule has 0 amide bonds. The van der Waals surface area contributed by atoms with Gasteiger partial charge in [0.25, 0.3) is 0 Å². The van der Waals surface area contributed by atoms with Crippen LogP contribution in [0.1, 0.15) is 62.7 Å². The second-order valence-electron chi connectivity index (χ2n) is 9.56. The zero-order chi connectivity index (χ0) is 25.8. The summed E-state index contributed by atoms with van der Waals surface area (Å²) in [5.74, 6) is -1.62. The van der Waals surface area contributed by atoms with Crippen molar-refractivity contribution in [1.29, 1.82) is 0 Å². The average Bonchev–Trinajstić information content (AvgIpc) is 2.94. The van der Waals surface area contributed by atoms with Gasteiger partial charge >= 0.3 is 217 Å². The quantitative estimate of drug-likeness (QED) is 0.259. The fourth-order valence-electron chi connectivity index (χ4n) is 5.14. The van der Waals surface area contributed by atoms with Gasteiger partial charge in [-0.15, -0.1) is 0 Å². The summed E-state index contributed by atoms with van der Waals surface area (Å²) in [5, 5.41) is 24.6. The van der Waals surface area contributed by atoms with Crippen molar-refractivity contribution in [2.24, 2.45) is 11.8 Å². The molecular weight excluding hydrogens is 467 g/mol. The molecule has 0 radical (unpaired) electrons. The molecule has 0 aliphatic rings. The molecule has 2 N–H and O–H groups in total. The molecule has 3 atom stereocenters. The van der Waals surface area contributed by atoms with E-state index < -0.39 is 19.3 Å². The second-order valence-corrected chi connectivity index (χ2v) is 13.0. The summed E-state index contributed by atoms with van der Waals surface area (Å²) in [6.07, 6.45) is 5.53. The molecule has 36 heavy (non-hydrogen) atoms. The summed E-state index contributed by atoms with van der Waals surface area (Å²) in [6.45, 7) is 4.28. The summed E-state index contributed by atoms with van der Waals surface area (Å²) in [5.41, 5.74) is 0.461. The Morgan fingerprint density at radius 1 is 0.778 bits per heavy atom. The Morgan fingerprint density at radius 2 is 1.25 bits per heavy atom. The van der Waals surface area contributed by atoms with Crippen molar-refractivity contribution in [3.8, 4) is 0 Å². The van der Waals surface area contributed by atoms with Gasteiger partial charge in [0, 0.05) is 0 Å². The molecule has 0 aliphatic heterocycles. The Balaban J connectivity index is 2.20. The van der Waals surface area contributed by atoms with Crippen LogP contribution in [-0.4, -0.2) is 28.6 Å². The number of unbranched alkanes of at least 4 members (excludes halogenated alkanes) is 2. The third kappa shape index (κ3) is 6.62. The van der Waals surface area contributed by atoms with Gasteiger partial charge in [-0.2, -0.15) is 0 Å². The predicted octanol–water partition coefficient (Wildman–Crippen LogP) is 6.08. The van der Waals surface area contributed by atoms with Crippen LogP contribution in [0.4, 0.5) is 0 Å². The number of aliphatic hydroxyl groups excluding tert-OH is 2. The van der Waals surface area contributed by atoms with E-state index in [4.69, 9.17) is 4.52 Å². The molecule has 5 heteroatoms. The van der Waals surface area contributed by atoms with Gasteiger partial charge in [-0.3, -0.25) is 0 Å². The third-order valence-corrected chi connectivity index (χ3v) is 11.3. The van der Waals surface area contributed by atoms with Gasteiger partial charge in [-0.1, -0.05) is 0 Å². The van der Waals surface area contributed by atoms with E-state index in [1.54, 1.807) is 12.1 Å². The Morgan fingerprint density at radius 3 is 1.72 bits per heavy atom. The number of benzene rings is 3. The zero-order valence-electron chi connectivity index (χ0n) is 21.6. The molecule has 0 saturated heterocycles. The Bertz CT molecular complexity index is 987. The zero-order valence-corrected chi connectivity index (χ0v) is 22.6. The minimum absolute atomic E-state index is 0.00608. The van der Waals surface area contributed by atoms with Crippen molar-refractivity contribution in [2.75, 3.05) is 6.61 Å². The van der Waals surface area contributed by atoms with Crippen LogP contribution in [0.15, 0.2) is 91.0 Å². The number of rotatable bonds is 14. The van der Waals surface area contributed by atoms with Crippen LogP contribution in [0.25, 0.3) is 0 Å². The molecule has 0 aromatic heterocycles. The fourth-order valence-corrected chi connectivity index (χ4v) is 9.34. The molecule has 3 aromatic rings. The fraction of sp³-hybridized carbons (Fsp3) is 0.387. The molecule has 0 heterocycles. The van der Waals surface area contributed by atoms with Gasteiger partial charge in [0.05, 0.1) is 0 Å². The topological polar surface area (TPSA) is 66.8 Å². The molecule has 3 aromatic carbocycles. The average molecular weight is 509 g/mol. The number of aliphatic hydroxyl groups is 2. The summed E-state index contributed by atoms with van der Waals surface area (Å²) in [6, 6.07) is 28.5. The molecule has 0 saturated carbocycles. The third-order valence-electron chi connectivity index (χ3n) is 7.15. The molecule has 0 fully saturated rings. The number of hydrogen-bond donors (Lipinski definition) is 2. The van der Waals surface area contributed by atoms with E-state index in [0.717, 1.165) is 49.1 Å². The first kappa shape index (κ1) is 28.1. The summed E-state index contributed by atoms with van der Waals surface area (Å²) in [4.78, 5) is 13.6. The van der Waals surface area contributed by atoms with Crippen molar-refractivity contribution in [3.05, 3.63) is 96.6 Å². The summed E-state index contributed by atoms with van der Waals surface area (Å²) in [7, 11) is -3.53. The van der Waals surface area contributed by atoms with Gasteiger partial charge in [0.15, 0.2) is 0 Å². The van der Waals surface area contributed by atoms with Gasteiger partial charge in [-0.25, -0.2) is 0 Å². The molecule has 0 bridgehead atoms. The number of carbonyl (C=O) groups is 1. The first-order chi connectivity index (χ1) is 17.6. The van der Waals surface area contributed by atoms with Crippen LogP contribution >= 0.6 is 7.49 Å². The van der Waals surface area contributed by atoms with Crippen molar-refractivity contribution < 1.29 is 19.5 Å². The van der Waals surface area contributed by atoms with Crippen LogP contribution < -0.4 is 10.6 Å². The van der Waals surface area contributed by atoms with E-state index in [9.17, 15) is 15.0 Å². The van der Waals surface area contributed by atoms with Crippen molar-refractivity contribution in [1.82, 2.24) is 0 Å². The van der Waals surface area contributed by atoms with E-state index in [0.29, 0.717) is 5.56 Å². The molecule has 0 aliphatic carbocycles. The molecule has 3 rings (SSSR count). The van der Waals surface area contributed by atoms with E-state index in [2.05, 4.69) is 13.8 Å². The van der Waals surface area contributed by atoms with Crippen molar-refractivity contribution in [2.45, 2.75) is 58.2 Å². The molecule has 3 unspecified atom stereocenters. The van der Waals surface area contributed by atoms with Gasteiger partial charge in [0.1, 0.15) is 0 Å². The molecule has 194 valence electrons. The van der Waals surface area contributed by atoms with Gasteiger partial charge in [0.2, 0.25) is 0 Å². The van der Waals surface area contributed by atoms with Crippen molar-refractivity contribution >= 4 is 24.1 Å². The standard InChI is InChI=1S/C31H41O4P/c1-3-5-16-26(24-32)29(23-6-4-2)31(34)36(27-19-12-8-13-20-27,28-21-14-9-15-22-28)35-30(33)25-17-10-7-11-18-25/h7-15,17-22,26,29,31-32,34,36H,3-6,16,23-24H2,1-2H3. The van der Waals surface area contributed by atoms with Crippen LogP contribution in [0.3, 0.4) is 0 Å². The maximum atomic E-state index is 13.6. The Hall–Kier alpha value is -2.52. The monoisotopic (exact) mass is 508 g/mol. The first-order valence-electron chi connectivity index (χ1n) is 13.3. The molecule has 4 nitrogen and oxygen atoms in total. The predicted molar refractivity (Wildman–Crippen MR) is 151 cm³/mol. The van der Waals surface area contributed by atoms with Gasteiger partial charge in [-0.05, 0) is 0 Å². The maximum absolute atomic E-state index is 13.6. The Labute approximate surface area is 216 Å². The summed E-state index contributed by atoms with van der Waals surface area (Å²) < 4.78 is 6.59. The SMILES string of the molecule is CCCCC(CO)C(CCCC)C(O)[PH](OC(=O)c1ccccc1)(c1ccccc1)c1ccccc1. The summed E-state index contributed by atoms with van der Waals surface area (Å²) >= 11 is 0. The second kappa shape index (κ2) is 14.3. The normalized spacial score (nSPS) is 14.6. The van der Waals surface area contributed by atoms with Crippen LogP contribution in [-0.2, 0) is 4.52 Å². The molecular formula is C31H41O4P. The van der Waals surface area contributed by atoms with E-state index in [1.807, 2.05) is 78.9 Å². The van der Waals surface area contributed by atoms with Crippen molar-refractivity contribution in [3.63, 3.8) is 0 Å². The first-order valence-corrected chi connectivity index (χ1v) is 15.2. The number of carbonyl (C=O) groups excluding carboxylic acids is 1. The van der Waals surface area contributed by atoms with E-state index >= 15 is 0 Å². The van der Waals surface area contributed by atoms with Crippen LogP contribution in [0.5, 0.6) is 0 Å². The Kier molecular flexibility index (Phi) is 11.1. The van der Waals surface area contributed by atoms with E-state index in [-0.39, 0.29) is 18.4 Å². The van der Waals surface area contributed by atoms with Crippen LogP contribution in [0.2, 0.25) is 0 Å².